The van der Waals surface area contributed by atoms with Gasteiger partial charge in [-0.2, -0.15) is 0 Å². The lowest BCUT2D eigenvalue weighted by atomic mass is 10.00. The number of hydrogen-bond donors (Lipinski definition) is 1. The Balaban J connectivity index is 2.64. The zero-order valence-corrected chi connectivity index (χ0v) is 7.12. The van der Waals surface area contributed by atoms with E-state index in [-0.39, 0.29) is 6.61 Å². The summed E-state index contributed by atoms with van der Waals surface area (Å²) in [4.78, 5) is 2.05. The number of aliphatic hydroxyl groups excluding tert-OH is 1. The van der Waals surface area contributed by atoms with Gasteiger partial charge >= 0.3 is 0 Å². The molecule has 2 nitrogen and oxygen atoms in total. The van der Waals surface area contributed by atoms with Crippen molar-refractivity contribution >= 4 is 0 Å². The molecule has 0 bridgehead atoms. The van der Waals surface area contributed by atoms with Crippen LogP contribution >= 0.6 is 0 Å². The summed E-state index contributed by atoms with van der Waals surface area (Å²) in [6, 6.07) is 0. The molecule has 0 saturated carbocycles. The van der Waals surface area contributed by atoms with Crippen molar-refractivity contribution in [3.63, 3.8) is 0 Å². The number of rotatable bonds is 2. The third-order valence-corrected chi connectivity index (χ3v) is 1.88. The lowest BCUT2D eigenvalue weighted by molar-refractivity contribution is 0.251. The van der Waals surface area contributed by atoms with E-state index in [0.717, 1.165) is 6.42 Å². The molecule has 1 atom stereocenters. The van der Waals surface area contributed by atoms with Crippen molar-refractivity contribution in [2.24, 2.45) is 5.92 Å². The van der Waals surface area contributed by atoms with Crippen LogP contribution in [0.2, 0.25) is 0 Å². The maximum atomic E-state index is 8.89. The van der Waals surface area contributed by atoms with E-state index in [4.69, 9.17) is 5.11 Å². The smallest absolute Gasteiger partial charge is 0.0497 e. The van der Waals surface area contributed by atoms with Gasteiger partial charge in [0.05, 0.1) is 0 Å². The van der Waals surface area contributed by atoms with Crippen LogP contribution in [0.3, 0.4) is 0 Å². The number of aliphatic hydroxyl groups is 1. The molecule has 1 rings (SSSR count). The van der Waals surface area contributed by atoms with Crippen LogP contribution in [0.5, 0.6) is 0 Å². The monoisotopic (exact) mass is 153 g/mol. The number of likely N-dealkylation sites (N-methyl/N-ethyl adjacent to an activating group) is 1. The van der Waals surface area contributed by atoms with Crippen LogP contribution in [-0.2, 0) is 0 Å². The first-order chi connectivity index (χ1) is 5.24. The summed E-state index contributed by atoms with van der Waals surface area (Å²) in [5.41, 5.74) is 1.19. The Kier molecular flexibility index (Phi) is 2.71. The van der Waals surface area contributed by atoms with Gasteiger partial charge in [-0.1, -0.05) is 12.2 Å². The molecule has 0 aromatic rings. The summed E-state index contributed by atoms with van der Waals surface area (Å²) in [6.07, 6.45) is 7.27. The van der Waals surface area contributed by atoms with Crippen LogP contribution in [0, 0.1) is 5.92 Å². The van der Waals surface area contributed by atoms with Crippen LogP contribution in [0.15, 0.2) is 23.9 Å². The van der Waals surface area contributed by atoms with Crippen molar-refractivity contribution in [3.8, 4) is 0 Å². The summed E-state index contributed by atoms with van der Waals surface area (Å²) in [7, 11) is 4.02. The predicted octanol–water partition coefficient (Wildman–Crippen LogP) is 1.00. The van der Waals surface area contributed by atoms with E-state index in [9.17, 15) is 0 Å². The van der Waals surface area contributed by atoms with Crippen molar-refractivity contribution < 1.29 is 5.11 Å². The van der Waals surface area contributed by atoms with Crippen molar-refractivity contribution in [2.45, 2.75) is 6.42 Å². The van der Waals surface area contributed by atoms with Crippen LogP contribution < -0.4 is 0 Å². The second-order valence-electron chi connectivity index (χ2n) is 3.07. The minimum absolute atomic E-state index is 0.252. The summed E-state index contributed by atoms with van der Waals surface area (Å²) in [6.45, 7) is 0.252. The van der Waals surface area contributed by atoms with Gasteiger partial charge in [0.2, 0.25) is 0 Å². The van der Waals surface area contributed by atoms with E-state index >= 15 is 0 Å². The Morgan fingerprint density at radius 2 is 2.36 bits per heavy atom. The number of hydrogen-bond acceptors (Lipinski definition) is 2. The molecule has 0 radical (unpaired) electrons. The van der Waals surface area contributed by atoms with Gasteiger partial charge in [0.25, 0.3) is 0 Å². The Morgan fingerprint density at radius 1 is 1.64 bits per heavy atom. The van der Waals surface area contributed by atoms with Crippen LogP contribution in [-0.4, -0.2) is 30.7 Å². The van der Waals surface area contributed by atoms with Crippen LogP contribution in [0.25, 0.3) is 0 Å². The van der Waals surface area contributed by atoms with Crippen molar-refractivity contribution in [1.29, 1.82) is 0 Å². The molecule has 11 heavy (non-hydrogen) atoms. The summed E-state index contributed by atoms with van der Waals surface area (Å²) in [5, 5.41) is 8.89. The van der Waals surface area contributed by atoms with E-state index < -0.39 is 0 Å². The van der Waals surface area contributed by atoms with E-state index in [0.29, 0.717) is 5.92 Å². The third kappa shape index (κ3) is 2.09. The Bertz CT molecular complexity index is 182. The van der Waals surface area contributed by atoms with Gasteiger partial charge in [-0.25, -0.2) is 0 Å². The fourth-order valence-corrected chi connectivity index (χ4v) is 1.15. The second-order valence-corrected chi connectivity index (χ2v) is 3.07. The van der Waals surface area contributed by atoms with Gasteiger partial charge in [0.15, 0.2) is 0 Å². The number of nitrogens with zero attached hydrogens (tertiary/aromatic N) is 1. The quantitative estimate of drug-likeness (QED) is 0.639. The van der Waals surface area contributed by atoms with Gasteiger partial charge < -0.3 is 10.0 Å². The van der Waals surface area contributed by atoms with Crippen molar-refractivity contribution in [3.05, 3.63) is 23.9 Å². The molecule has 2 heteroatoms. The van der Waals surface area contributed by atoms with E-state index in [1.54, 1.807) is 0 Å². The first-order valence-electron chi connectivity index (χ1n) is 3.90. The Hall–Kier alpha value is -0.760. The molecule has 0 heterocycles. The lowest BCUT2D eigenvalue weighted by Crippen LogP contribution is -2.14. The largest absolute Gasteiger partial charge is 0.396 e. The molecule has 1 aliphatic rings. The summed E-state index contributed by atoms with van der Waals surface area (Å²) in [5.74, 6) is 0.317. The first kappa shape index (κ1) is 8.34. The topological polar surface area (TPSA) is 23.5 Å². The molecule has 62 valence electrons. The molecular formula is C9H15NO. The minimum Gasteiger partial charge on any atom is -0.396 e. The molecule has 1 N–H and O–H groups in total. The van der Waals surface area contributed by atoms with E-state index in [2.05, 4.69) is 23.1 Å². The van der Waals surface area contributed by atoms with Gasteiger partial charge in [-0.05, 0) is 12.5 Å². The molecule has 0 aromatic heterocycles. The fourth-order valence-electron chi connectivity index (χ4n) is 1.15. The summed E-state index contributed by atoms with van der Waals surface area (Å²) < 4.78 is 0. The van der Waals surface area contributed by atoms with Gasteiger partial charge in [0, 0.05) is 32.3 Å². The molecule has 0 amide bonds. The maximum absolute atomic E-state index is 8.89. The zero-order chi connectivity index (χ0) is 8.27. The molecule has 1 unspecified atom stereocenters. The van der Waals surface area contributed by atoms with Gasteiger partial charge in [-0.3, -0.25) is 0 Å². The van der Waals surface area contributed by atoms with Gasteiger partial charge in [0.1, 0.15) is 0 Å². The number of allylic oxidation sites excluding steroid dienone is 2. The summed E-state index contributed by atoms with van der Waals surface area (Å²) >= 11 is 0. The molecule has 1 aliphatic carbocycles. The highest BCUT2D eigenvalue weighted by Gasteiger charge is 2.08. The SMILES string of the molecule is CN(C)C1=CC(CO)CC=C1. The second kappa shape index (κ2) is 3.58. The molecule has 0 spiro atoms. The highest BCUT2D eigenvalue weighted by atomic mass is 16.3. The van der Waals surface area contributed by atoms with Gasteiger partial charge in [-0.15, -0.1) is 0 Å². The maximum Gasteiger partial charge on any atom is 0.0497 e. The Labute approximate surface area is 67.8 Å². The molecule has 0 fully saturated rings. The first-order valence-corrected chi connectivity index (χ1v) is 3.90. The average Bonchev–Trinajstić information content (AvgIpc) is 2.05. The highest BCUT2D eigenvalue weighted by Crippen LogP contribution is 2.16. The molecule has 0 aliphatic heterocycles. The average molecular weight is 153 g/mol. The molecule has 0 saturated heterocycles. The van der Waals surface area contributed by atoms with Crippen LogP contribution in [0.1, 0.15) is 6.42 Å². The van der Waals surface area contributed by atoms with Crippen LogP contribution in [0.4, 0.5) is 0 Å². The Morgan fingerprint density at radius 3 is 2.91 bits per heavy atom. The molecular weight excluding hydrogens is 138 g/mol. The molecule has 0 aromatic carbocycles. The van der Waals surface area contributed by atoms with E-state index in [1.807, 2.05) is 14.1 Å². The standard InChI is InChI=1S/C9H15NO/c1-10(2)9-5-3-4-8(6-9)7-11/h3,5-6,8,11H,4,7H2,1-2H3. The normalized spacial score (nSPS) is 23.2. The highest BCUT2D eigenvalue weighted by molar-refractivity contribution is 5.22. The predicted molar refractivity (Wildman–Crippen MR) is 46.1 cm³/mol. The van der Waals surface area contributed by atoms with Crippen molar-refractivity contribution in [1.82, 2.24) is 4.90 Å². The van der Waals surface area contributed by atoms with Crippen molar-refractivity contribution in [2.75, 3.05) is 20.7 Å². The lowest BCUT2D eigenvalue weighted by Gasteiger charge is -2.20. The minimum atomic E-state index is 0.252. The fraction of sp³-hybridized carbons (Fsp3) is 0.556. The third-order valence-electron chi connectivity index (χ3n) is 1.88. The van der Waals surface area contributed by atoms with E-state index in [1.165, 1.54) is 5.70 Å². The zero-order valence-electron chi connectivity index (χ0n) is 7.12.